The van der Waals surface area contributed by atoms with Crippen molar-refractivity contribution in [3.63, 3.8) is 0 Å². The van der Waals surface area contributed by atoms with Crippen molar-refractivity contribution in [1.29, 1.82) is 0 Å². The summed E-state index contributed by atoms with van der Waals surface area (Å²) in [6.07, 6.45) is 0. The molecule has 5 heteroatoms. The first-order valence-corrected chi connectivity index (χ1v) is 8.20. The summed E-state index contributed by atoms with van der Waals surface area (Å²) in [5.41, 5.74) is 0.688. The summed E-state index contributed by atoms with van der Waals surface area (Å²) < 4.78 is 0. The monoisotopic (exact) mass is 326 g/mol. The van der Waals surface area contributed by atoms with Gasteiger partial charge >= 0.3 is 0 Å². The number of ketones is 1. The SMILES string of the molecule is CC1CNCCN1CC(=O)c1ccc(OOc2ccccc2)cc1. The molecule has 1 aliphatic rings. The normalized spacial score (nSPS) is 18.1. The standard InChI is InChI=1S/C19H22N2O3/c1-15-13-20-11-12-21(15)14-19(22)16-7-9-18(10-8-16)24-23-17-5-3-2-4-6-17/h2-10,15,20H,11-14H2,1H3. The van der Waals surface area contributed by atoms with E-state index in [0.717, 1.165) is 19.6 Å². The predicted molar refractivity (Wildman–Crippen MR) is 92.4 cm³/mol. The van der Waals surface area contributed by atoms with Gasteiger partial charge in [-0.05, 0) is 43.3 Å². The van der Waals surface area contributed by atoms with E-state index in [1.807, 2.05) is 30.3 Å². The Balaban J connectivity index is 1.54. The van der Waals surface area contributed by atoms with Gasteiger partial charge in [0.1, 0.15) is 0 Å². The predicted octanol–water partition coefficient (Wildman–Crippen LogP) is 2.54. The van der Waals surface area contributed by atoms with Gasteiger partial charge in [-0.15, -0.1) is 0 Å². The highest BCUT2D eigenvalue weighted by Crippen LogP contribution is 2.16. The number of nitrogens with zero attached hydrogens (tertiary/aromatic N) is 1. The Hall–Kier alpha value is -2.37. The summed E-state index contributed by atoms with van der Waals surface area (Å²) in [6.45, 7) is 5.35. The average molecular weight is 326 g/mol. The van der Waals surface area contributed by atoms with Crippen LogP contribution in [-0.2, 0) is 0 Å². The smallest absolute Gasteiger partial charge is 0.178 e. The molecule has 1 fully saturated rings. The van der Waals surface area contributed by atoms with Gasteiger partial charge in [0.15, 0.2) is 17.3 Å². The van der Waals surface area contributed by atoms with Crippen molar-refractivity contribution >= 4 is 5.78 Å². The molecule has 1 unspecified atom stereocenters. The van der Waals surface area contributed by atoms with Gasteiger partial charge < -0.3 is 5.32 Å². The van der Waals surface area contributed by atoms with Crippen LogP contribution in [0.4, 0.5) is 0 Å². The fourth-order valence-corrected chi connectivity index (χ4v) is 2.66. The Morgan fingerprint density at radius 2 is 1.75 bits per heavy atom. The molecular formula is C19H22N2O3. The molecule has 1 heterocycles. The second-order valence-electron chi connectivity index (χ2n) is 5.95. The lowest BCUT2D eigenvalue weighted by Crippen LogP contribution is -2.51. The zero-order chi connectivity index (χ0) is 16.8. The second kappa shape index (κ2) is 7.95. The van der Waals surface area contributed by atoms with E-state index in [4.69, 9.17) is 9.78 Å². The van der Waals surface area contributed by atoms with Crippen LogP contribution in [-0.4, -0.2) is 42.9 Å². The first-order valence-electron chi connectivity index (χ1n) is 8.20. The minimum absolute atomic E-state index is 0.124. The third kappa shape index (κ3) is 4.34. The molecule has 0 aliphatic carbocycles. The highest BCUT2D eigenvalue weighted by atomic mass is 17.2. The van der Waals surface area contributed by atoms with Crippen LogP contribution in [0.1, 0.15) is 17.3 Å². The number of rotatable bonds is 6. The van der Waals surface area contributed by atoms with E-state index in [0.29, 0.717) is 29.6 Å². The maximum absolute atomic E-state index is 12.4. The molecule has 1 atom stereocenters. The Morgan fingerprint density at radius 3 is 2.42 bits per heavy atom. The summed E-state index contributed by atoms with van der Waals surface area (Å²) in [6, 6.07) is 16.7. The number of para-hydroxylation sites is 1. The maximum Gasteiger partial charge on any atom is 0.178 e. The zero-order valence-electron chi connectivity index (χ0n) is 13.8. The van der Waals surface area contributed by atoms with Gasteiger partial charge in [0.25, 0.3) is 0 Å². The first kappa shape index (κ1) is 16.5. The quantitative estimate of drug-likeness (QED) is 0.502. The van der Waals surface area contributed by atoms with E-state index in [9.17, 15) is 4.79 Å². The number of carbonyl (C=O) groups is 1. The molecule has 0 amide bonds. The van der Waals surface area contributed by atoms with E-state index in [1.54, 1.807) is 24.3 Å². The van der Waals surface area contributed by atoms with Crippen molar-refractivity contribution in [1.82, 2.24) is 10.2 Å². The molecule has 3 rings (SSSR count). The molecule has 0 bridgehead atoms. The van der Waals surface area contributed by atoms with Crippen LogP contribution >= 0.6 is 0 Å². The summed E-state index contributed by atoms with van der Waals surface area (Å²) in [5, 5.41) is 3.33. The van der Waals surface area contributed by atoms with Crippen LogP contribution in [0.3, 0.4) is 0 Å². The lowest BCUT2D eigenvalue weighted by Gasteiger charge is -2.33. The van der Waals surface area contributed by atoms with Crippen LogP contribution in [0.25, 0.3) is 0 Å². The molecule has 1 saturated heterocycles. The highest BCUT2D eigenvalue weighted by Gasteiger charge is 2.20. The molecule has 24 heavy (non-hydrogen) atoms. The van der Waals surface area contributed by atoms with Crippen molar-refractivity contribution in [3.8, 4) is 11.5 Å². The Bertz CT molecular complexity index is 658. The molecular weight excluding hydrogens is 304 g/mol. The molecule has 0 saturated carbocycles. The van der Waals surface area contributed by atoms with Crippen molar-refractivity contribution in [2.45, 2.75) is 13.0 Å². The third-order valence-electron chi connectivity index (χ3n) is 4.14. The number of hydrogen-bond acceptors (Lipinski definition) is 5. The Kier molecular flexibility index (Phi) is 5.46. The van der Waals surface area contributed by atoms with Gasteiger partial charge in [-0.3, -0.25) is 19.5 Å². The van der Waals surface area contributed by atoms with Crippen molar-refractivity contribution in [2.75, 3.05) is 26.2 Å². The minimum Gasteiger partial charge on any atom is -0.314 e. The summed E-state index contributed by atoms with van der Waals surface area (Å²) in [5.74, 6) is 1.32. The molecule has 2 aromatic carbocycles. The number of benzene rings is 2. The van der Waals surface area contributed by atoms with Crippen LogP contribution in [0.5, 0.6) is 11.5 Å². The molecule has 0 spiro atoms. The van der Waals surface area contributed by atoms with Crippen molar-refractivity contribution in [3.05, 3.63) is 60.2 Å². The van der Waals surface area contributed by atoms with Crippen molar-refractivity contribution < 1.29 is 14.6 Å². The number of piperazine rings is 1. The van der Waals surface area contributed by atoms with E-state index < -0.39 is 0 Å². The van der Waals surface area contributed by atoms with Gasteiger partial charge in [-0.25, -0.2) is 0 Å². The fourth-order valence-electron chi connectivity index (χ4n) is 2.66. The summed E-state index contributed by atoms with van der Waals surface area (Å²) >= 11 is 0. The van der Waals surface area contributed by atoms with E-state index in [-0.39, 0.29) is 5.78 Å². The van der Waals surface area contributed by atoms with Gasteiger partial charge in [0, 0.05) is 31.2 Å². The van der Waals surface area contributed by atoms with Crippen LogP contribution in [0.15, 0.2) is 54.6 Å². The zero-order valence-corrected chi connectivity index (χ0v) is 13.8. The van der Waals surface area contributed by atoms with E-state index in [1.165, 1.54) is 0 Å². The molecule has 126 valence electrons. The Morgan fingerprint density at radius 1 is 1.08 bits per heavy atom. The number of carbonyl (C=O) groups excluding carboxylic acids is 1. The molecule has 1 aliphatic heterocycles. The van der Waals surface area contributed by atoms with Gasteiger partial charge in [0.05, 0.1) is 6.54 Å². The molecule has 0 radical (unpaired) electrons. The number of Topliss-reactive ketones (excluding diaryl/α,β-unsaturated/α-hetero) is 1. The van der Waals surface area contributed by atoms with Gasteiger partial charge in [-0.1, -0.05) is 18.2 Å². The van der Waals surface area contributed by atoms with Gasteiger partial charge in [0.2, 0.25) is 0 Å². The molecule has 2 aromatic rings. The minimum atomic E-state index is 0.124. The highest BCUT2D eigenvalue weighted by molar-refractivity contribution is 5.97. The largest absolute Gasteiger partial charge is 0.314 e. The topological polar surface area (TPSA) is 50.8 Å². The fraction of sp³-hybridized carbons (Fsp3) is 0.316. The first-order chi connectivity index (χ1) is 11.7. The summed E-state index contributed by atoms with van der Waals surface area (Å²) in [4.78, 5) is 25.1. The molecule has 0 aromatic heterocycles. The lowest BCUT2D eigenvalue weighted by molar-refractivity contribution is -0.0999. The average Bonchev–Trinajstić information content (AvgIpc) is 2.63. The number of nitrogens with one attached hydrogen (secondary N) is 1. The second-order valence-corrected chi connectivity index (χ2v) is 5.95. The van der Waals surface area contributed by atoms with Gasteiger partial charge in [-0.2, -0.15) is 0 Å². The van der Waals surface area contributed by atoms with Crippen LogP contribution < -0.4 is 15.1 Å². The lowest BCUT2D eigenvalue weighted by atomic mass is 10.1. The number of hydrogen-bond donors (Lipinski definition) is 1. The maximum atomic E-state index is 12.4. The van der Waals surface area contributed by atoms with Crippen LogP contribution in [0.2, 0.25) is 0 Å². The summed E-state index contributed by atoms with van der Waals surface area (Å²) in [7, 11) is 0. The van der Waals surface area contributed by atoms with Crippen LogP contribution in [0, 0.1) is 0 Å². The molecule has 1 N–H and O–H groups in total. The third-order valence-corrected chi connectivity index (χ3v) is 4.14. The Labute approximate surface area is 142 Å². The molecule has 5 nitrogen and oxygen atoms in total. The van der Waals surface area contributed by atoms with E-state index in [2.05, 4.69) is 17.1 Å². The van der Waals surface area contributed by atoms with Crippen molar-refractivity contribution in [2.24, 2.45) is 0 Å². The van der Waals surface area contributed by atoms with E-state index >= 15 is 0 Å².